The van der Waals surface area contributed by atoms with Crippen LogP contribution in [-0.4, -0.2) is 20.3 Å². The van der Waals surface area contributed by atoms with E-state index in [-0.39, 0.29) is 0 Å². The first-order chi connectivity index (χ1) is 6.34. The molecule has 0 aliphatic rings. The zero-order chi connectivity index (χ0) is 9.52. The van der Waals surface area contributed by atoms with Crippen LogP contribution in [0.5, 0.6) is 5.75 Å². The van der Waals surface area contributed by atoms with Gasteiger partial charge in [0.25, 0.3) is 0 Å². The highest BCUT2D eigenvalue weighted by molar-refractivity contribution is 5.31. The molecule has 0 aliphatic carbocycles. The second kappa shape index (κ2) is 5.56. The molecule has 0 saturated carbocycles. The number of ether oxygens (including phenoxy) is 1. The van der Waals surface area contributed by atoms with E-state index in [1.54, 1.807) is 7.05 Å². The van der Waals surface area contributed by atoms with Gasteiger partial charge >= 0.3 is 0 Å². The summed E-state index contributed by atoms with van der Waals surface area (Å²) in [6.07, 6.45) is 0. The van der Waals surface area contributed by atoms with Crippen molar-refractivity contribution in [3.8, 4) is 5.75 Å². The maximum Gasteiger partial charge on any atom is 0.122 e. The molecular weight excluding hydrogens is 166 g/mol. The number of hydroxylamine groups is 1. The third kappa shape index (κ3) is 3.44. The largest absolute Gasteiger partial charge is 0.491 e. The van der Waals surface area contributed by atoms with Crippen LogP contribution in [0.25, 0.3) is 0 Å². The van der Waals surface area contributed by atoms with E-state index in [1.165, 1.54) is 0 Å². The van der Waals surface area contributed by atoms with Crippen molar-refractivity contribution in [1.82, 2.24) is 5.48 Å². The lowest BCUT2D eigenvalue weighted by Gasteiger charge is -2.08. The van der Waals surface area contributed by atoms with E-state index < -0.39 is 0 Å². The van der Waals surface area contributed by atoms with E-state index in [0.717, 1.165) is 11.3 Å². The Balaban J connectivity index is 2.32. The number of benzene rings is 1. The number of hydrogen-bond donors (Lipinski definition) is 1. The van der Waals surface area contributed by atoms with E-state index in [1.807, 2.05) is 31.2 Å². The van der Waals surface area contributed by atoms with Crippen molar-refractivity contribution in [1.29, 1.82) is 0 Å². The number of hydrogen-bond acceptors (Lipinski definition) is 3. The molecule has 0 saturated heterocycles. The lowest BCUT2D eigenvalue weighted by Crippen LogP contribution is -2.14. The summed E-state index contributed by atoms with van der Waals surface area (Å²) in [7, 11) is 1.73. The monoisotopic (exact) mass is 181 g/mol. The Morgan fingerprint density at radius 2 is 2.00 bits per heavy atom. The zero-order valence-corrected chi connectivity index (χ0v) is 8.04. The van der Waals surface area contributed by atoms with Crippen LogP contribution in [-0.2, 0) is 4.84 Å². The molecule has 0 spiro atoms. The van der Waals surface area contributed by atoms with Crippen LogP contribution in [0, 0.1) is 6.92 Å². The van der Waals surface area contributed by atoms with Gasteiger partial charge in [0.05, 0.1) is 0 Å². The molecule has 0 aliphatic heterocycles. The highest BCUT2D eigenvalue weighted by Crippen LogP contribution is 2.15. The Bertz CT molecular complexity index is 250. The molecule has 0 fully saturated rings. The summed E-state index contributed by atoms with van der Waals surface area (Å²) in [4.78, 5) is 4.92. The lowest BCUT2D eigenvalue weighted by molar-refractivity contribution is 0.0366. The third-order valence-electron chi connectivity index (χ3n) is 1.68. The number of aryl methyl sites for hydroxylation is 1. The summed E-state index contributed by atoms with van der Waals surface area (Å²) >= 11 is 0. The molecule has 0 unspecified atom stereocenters. The summed E-state index contributed by atoms with van der Waals surface area (Å²) in [5.41, 5.74) is 3.73. The van der Waals surface area contributed by atoms with Gasteiger partial charge in [-0.1, -0.05) is 18.2 Å². The molecule has 1 rings (SSSR count). The highest BCUT2D eigenvalue weighted by Gasteiger charge is 1.96. The summed E-state index contributed by atoms with van der Waals surface area (Å²) in [5, 5.41) is 0. The van der Waals surface area contributed by atoms with E-state index in [4.69, 9.17) is 9.57 Å². The average Bonchev–Trinajstić information content (AvgIpc) is 2.15. The van der Waals surface area contributed by atoms with Crippen molar-refractivity contribution in [3.05, 3.63) is 29.8 Å². The van der Waals surface area contributed by atoms with E-state index in [9.17, 15) is 0 Å². The van der Waals surface area contributed by atoms with Gasteiger partial charge in [0.2, 0.25) is 0 Å². The fourth-order valence-corrected chi connectivity index (χ4v) is 1.01. The van der Waals surface area contributed by atoms with Gasteiger partial charge in [0, 0.05) is 7.05 Å². The van der Waals surface area contributed by atoms with E-state index in [0.29, 0.717) is 13.2 Å². The van der Waals surface area contributed by atoms with Crippen molar-refractivity contribution in [2.75, 3.05) is 20.3 Å². The molecule has 0 atom stereocenters. The quantitative estimate of drug-likeness (QED) is 0.552. The molecular formula is C10H15NO2. The van der Waals surface area contributed by atoms with Crippen LogP contribution >= 0.6 is 0 Å². The SMILES string of the molecule is CNOCCOc1ccccc1C. The normalized spacial score (nSPS) is 10.0. The van der Waals surface area contributed by atoms with Crippen molar-refractivity contribution in [3.63, 3.8) is 0 Å². The van der Waals surface area contributed by atoms with Crippen LogP contribution in [0.1, 0.15) is 5.56 Å². The van der Waals surface area contributed by atoms with Crippen LogP contribution < -0.4 is 10.2 Å². The number of para-hydroxylation sites is 1. The minimum Gasteiger partial charge on any atom is -0.491 e. The van der Waals surface area contributed by atoms with Crippen LogP contribution in [0.15, 0.2) is 24.3 Å². The van der Waals surface area contributed by atoms with E-state index in [2.05, 4.69) is 5.48 Å². The highest BCUT2D eigenvalue weighted by atomic mass is 16.7. The topological polar surface area (TPSA) is 30.5 Å². The minimum absolute atomic E-state index is 0.546. The Labute approximate surface area is 78.6 Å². The van der Waals surface area contributed by atoms with Crippen molar-refractivity contribution in [2.24, 2.45) is 0 Å². The molecule has 0 radical (unpaired) electrons. The molecule has 3 nitrogen and oxygen atoms in total. The number of rotatable bonds is 5. The van der Waals surface area contributed by atoms with Crippen LogP contribution in [0.2, 0.25) is 0 Å². The first-order valence-corrected chi connectivity index (χ1v) is 4.31. The smallest absolute Gasteiger partial charge is 0.122 e. The molecule has 3 heteroatoms. The Kier molecular flexibility index (Phi) is 4.29. The third-order valence-corrected chi connectivity index (χ3v) is 1.68. The molecule has 72 valence electrons. The van der Waals surface area contributed by atoms with Gasteiger partial charge in [0.1, 0.15) is 19.0 Å². The molecule has 1 aromatic rings. The molecule has 0 amide bonds. The summed E-state index contributed by atoms with van der Waals surface area (Å²) in [5.74, 6) is 0.919. The Hall–Kier alpha value is -1.06. The van der Waals surface area contributed by atoms with Gasteiger partial charge < -0.3 is 4.74 Å². The fourth-order valence-electron chi connectivity index (χ4n) is 1.01. The fraction of sp³-hybridized carbons (Fsp3) is 0.400. The summed E-state index contributed by atoms with van der Waals surface area (Å²) in [6, 6.07) is 7.93. The van der Waals surface area contributed by atoms with Gasteiger partial charge in [0.15, 0.2) is 0 Å². The lowest BCUT2D eigenvalue weighted by atomic mass is 10.2. The molecule has 0 aromatic heterocycles. The molecule has 0 heterocycles. The van der Waals surface area contributed by atoms with Gasteiger partial charge in [-0.3, -0.25) is 4.84 Å². The van der Waals surface area contributed by atoms with Crippen molar-refractivity contribution >= 4 is 0 Å². The standard InChI is InChI=1S/C10H15NO2/c1-9-5-3-4-6-10(9)12-7-8-13-11-2/h3-6,11H,7-8H2,1-2H3. The van der Waals surface area contributed by atoms with Crippen LogP contribution in [0.3, 0.4) is 0 Å². The maximum absolute atomic E-state index is 5.47. The summed E-state index contributed by atoms with van der Waals surface area (Å²) in [6.45, 7) is 3.13. The number of nitrogens with one attached hydrogen (secondary N) is 1. The first-order valence-electron chi connectivity index (χ1n) is 4.31. The van der Waals surface area contributed by atoms with Gasteiger partial charge in [-0.2, -0.15) is 0 Å². The Morgan fingerprint density at radius 1 is 1.23 bits per heavy atom. The predicted octanol–water partition coefficient (Wildman–Crippen LogP) is 1.52. The molecule has 1 N–H and O–H groups in total. The average molecular weight is 181 g/mol. The first kappa shape index (κ1) is 10.0. The van der Waals surface area contributed by atoms with Gasteiger partial charge in [-0.25, -0.2) is 5.48 Å². The summed E-state index contributed by atoms with van der Waals surface area (Å²) < 4.78 is 5.47. The minimum atomic E-state index is 0.546. The van der Waals surface area contributed by atoms with Gasteiger partial charge in [-0.15, -0.1) is 0 Å². The zero-order valence-electron chi connectivity index (χ0n) is 8.04. The second-order valence-corrected chi connectivity index (χ2v) is 2.67. The maximum atomic E-state index is 5.47. The predicted molar refractivity (Wildman–Crippen MR) is 51.7 cm³/mol. The Morgan fingerprint density at radius 3 is 2.69 bits per heavy atom. The molecule has 1 aromatic carbocycles. The second-order valence-electron chi connectivity index (χ2n) is 2.67. The molecule has 13 heavy (non-hydrogen) atoms. The van der Waals surface area contributed by atoms with Crippen molar-refractivity contribution in [2.45, 2.75) is 6.92 Å². The van der Waals surface area contributed by atoms with Crippen molar-refractivity contribution < 1.29 is 9.57 Å². The van der Waals surface area contributed by atoms with E-state index >= 15 is 0 Å². The molecule has 0 bridgehead atoms. The van der Waals surface area contributed by atoms with Crippen LogP contribution in [0.4, 0.5) is 0 Å². The van der Waals surface area contributed by atoms with Gasteiger partial charge in [-0.05, 0) is 18.6 Å².